The maximum absolute atomic E-state index is 12.7. The molecule has 0 saturated heterocycles. The quantitative estimate of drug-likeness (QED) is 0.740. The highest BCUT2D eigenvalue weighted by Crippen LogP contribution is 2.48. The highest BCUT2D eigenvalue weighted by Gasteiger charge is 2.56. The van der Waals surface area contributed by atoms with Gasteiger partial charge in [0.25, 0.3) is 0 Å². The molecule has 0 bridgehead atoms. The molecule has 25 heavy (non-hydrogen) atoms. The zero-order valence-electron chi connectivity index (χ0n) is 14.0. The Kier molecular flexibility index (Phi) is 4.76. The van der Waals surface area contributed by atoms with Crippen LogP contribution in [-0.4, -0.2) is 11.8 Å². The zero-order valence-corrected chi connectivity index (χ0v) is 15.5. The van der Waals surface area contributed by atoms with E-state index in [1.807, 2.05) is 19.9 Å². The first-order valence-electron chi connectivity index (χ1n) is 7.97. The molecule has 130 valence electrons. The summed E-state index contributed by atoms with van der Waals surface area (Å²) in [6.07, 6.45) is 1.02. The topological polar surface area (TPSA) is 58.2 Å². The minimum absolute atomic E-state index is 0.326. The van der Waals surface area contributed by atoms with Crippen molar-refractivity contribution in [3.8, 4) is 0 Å². The average Bonchev–Trinajstić information content (AvgIpc) is 3.32. The van der Waals surface area contributed by atoms with E-state index in [4.69, 9.17) is 23.2 Å². The number of hydrogen-bond acceptors (Lipinski definition) is 2. The number of amides is 2. The fourth-order valence-electron chi connectivity index (χ4n) is 2.81. The Hall–Kier alpha value is -2.04. The molecule has 2 aromatic carbocycles. The van der Waals surface area contributed by atoms with Crippen molar-refractivity contribution in [1.82, 2.24) is 0 Å². The molecule has 4 nitrogen and oxygen atoms in total. The van der Waals surface area contributed by atoms with Crippen molar-refractivity contribution < 1.29 is 9.59 Å². The molecular formula is C19H18Cl2N2O2. The van der Waals surface area contributed by atoms with Crippen LogP contribution in [0.15, 0.2) is 36.4 Å². The lowest BCUT2D eigenvalue weighted by atomic mass is 10.0. The maximum atomic E-state index is 12.7. The van der Waals surface area contributed by atoms with Crippen molar-refractivity contribution in [2.24, 2.45) is 5.41 Å². The van der Waals surface area contributed by atoms with Gasteiger partial charge in [-0.05, 0) is 62.1 Å². The molecule has 0 spiro atoms. The number of hydrogen-bond donors (Lipinski definition) is 2. The van der Waals surface area contributed by atoms with Crippen molar-refractivity contribution in [2.45, 2.75) is 26.7 Å². The van der Waals surface area contributed by atoms with E-state index in [0.29, 0.717) is 34.3 Å². The van der Waals surface area contributed by atoms with Gasteiger partial charge in [0.2, 0.25) is 11.8 Å². The average molecular weight is 377 g/mol. The molecule has 0 atom stereocenters. The fourth-order valence-corrected chi connectivity index (χ4v) is 3.37. The number of carbonyl (C=O) groups is 2. The number of carbonyl (C=O) groups excluding carboxylic acids is 2. The highest BCUT2D eigenvalue weighted by molar-refractivity contribution is 6.34. The van der Waals surface area contributed by atoms with E-state index in [9.17, 15) is 9.59 Å². The van der Waals surface area contributed by atoms with Crippen molar-refractivity contribution in [3.05, 3.63) is 57.6 Å². The Morgan fingerprint density at radius 3 is 2.28 bits per heavy atom. The van der Waals surface area contributed by atoms with Gasteiger partial charge in [0.15, 0.2) is 0 Å². The number of rotatable bonds is 4. The van der Waals surface area contributed by atoms with Gasteiger partial charge in [0.05, 0.1) is 10.7 Å². The van der Waals surface area contributed by atoms with Crippen LogP contribution in [0.1, 0.15) is 24.0 Å². The van der Waals surface area contributed by atoms with Gasteiger partial charge in [-0.15, -0.1) is 0 Å². The van der Waals surface area contributed by atoms with Crippen LogP contribution >= 0.6 is 23.2 Å². The Labute approximate surface area is 156 Å². The summed E-state index contributed by atoms with van der Waals surface area (Å²) in [5, 5.41) is 6.59. The third kappa shape index (κ3) is 3.65. The van der Waals surface area contributed by atoms with Gasteiger partial charge in [-0.1, -0.05) is 35.3 Å². The number of aryl methyl sites for hydroxylation is 2. The van der Waals surface area contributed by atoms with Crippen LogP contribution in [0.2, 0.25) is 10.0 Å². The first kappa shape index (κ1) is 17.8. The Morgan fingerprint density at radius 1 is 1.00 bits per heavy atom. The van der Waals surface area contributed by atoms with Crippen LogP contribution in [-0.2, 0) is 9.59 Å². The molecule has 6 heteroatoms. The van der Waals surface area contributed by atoms with E-state index in [-0.39, 0.29) is 11.8 Å². The van der Waals surface area contributed by atoms with Crippen LogP contribution in [0.4, 0.5) is 11.4 Å². The summed E-state index contributed by atoms with van der Waals surface area (Å²) < 4.78 is 0. The number of nitrogens with one attached hydrogen (secondary N) is 2. The third-order valence-electron chi connectivity index (χ3n) is 4.37. The maximum Gasteiger partial charge on any atom is 0.240 e. The molecule has 2 aromatic rings. The van der Waals surface area contributed by atoms with Crippen molar-refractivity contribution in [1.29, 1.82) is 0 Å². The van der Waals surface area contributed by atoms with Crippen LogP contribution in [0.5, 0.6) is 0 Å². The zero-order chi connectivity index (χ0) is 18.2. The van der Waals surface area contributed by atoms with E-state index < -0.39 is 5.41 Å². The summed E-state index contributed by atoms with van der Waals surface area (Å²) in [4.78, 5) is 25.3. The molecule has 0 aliphatic heterocycles. The van der Waals surface area contributed by atoms with Gasteiger partial charge in [-0.3, -0.25) is 9.59 Å². The second kappa shape index (κ2) is 6.70. The standard InChI is InChI=1S/C19H18Cl2N2O2/c1-11-8-12(2)16(15(21)9-11)23-18(25)19(6-7-19)17(24)22-14-5-3-4-13(20)10-14/h3-5,8-10H,6-7H2,1-2H3,(H,22,24)(H,23,25). The Bertz CT molecular complexity index is 837. The largest absolute Gasteiger partial charge is 0.325 e. The lowest BCUT2D eigenvalue weighted by molar-refractivity contribution is -0.131. The number of anilines is 2. The van der Waals surface area contributed by atoms with Gasteiger partial charge in [-0.2, -0.15) is 0 Å². The lowest BCUT2D eigenvalue weighted by Crippen LogP contribution is -2.35. The molecular weight excluding hydrogens is 359 g/mol. The van der Waals surface area contributed by atoms with Crippen LogP contribution in [0.3, 0.4) is 0 Å². The van der Waals surface area contributed by atoms with Crippen molar-refractivity contribution >= 4 is 46.4 Å². The molecule has 0 unspecified atom stereocenters. The van der Waals surface area contributed by atoms with Crippen LogP contribution in [0.25, 0.3) is 0 Å². The van der Waals surface area contributed by atoms with Crippen LogP contribution in [0, 0.1) is 19.3 Å². The Morgan fingerprint density at radius 2 is 1.68 bits per heavy atom. The molecule has 2 amide bonds. The van der Waals surface area contributed by atoms with E-state index >= 15 is 0 Å². The Balaban J connectivity index is 1.76. The van der Waals surface area contributed by atoms with Crippen molar-refractivity contribution in [3.63, 3.8) is 0 Å². The number of benzene rings is 2. The first-order valence-corrected chi connectivity index (χ1v) is 8.73. The summed E-state index contributed by atoms with van der Waals surface area (Å²) in [7, 11) is 0. The van der Waals surface area contributed by atoms with Crippen molar-refractivity contribution in [2.75, 3.05) is 10.6 Å². The summed E-state index contributed by atoms with van der Waals surface area (Å²) in [5.74, 6) is -0.658. The molecule has 0 radical (unpaired) electrons. The van der Waals surface area contributed by atoms with Gasteiger partial charge in [0, 0.05) is 10.7 Å². The minimum Gasteiger partial charge on any atom is -0.325 e. The molecule has 1 fully saturated rings. The molecule has 3 rings (SSSR count). The molecule has 0 heterocycles. The summed E-state index contributed by atoms with van der Waals surface area (Å²) >= 11 is 12.2. The van der Waals surface area contributed by atoms with Gasteiger partial charge < -0.3 is 10.6 Å². The van der Waals surface area contributed by atoms with Gasteiger partial charge >= 0.3 is 0 Å². The lowest BCUT2D eigenvalue weighted by Gasteiger charge is -2.17. The minimum atomic E-state index is -1.05. The van der Waals surface area contributed by atoms with E-state index in [1.54, 1.807) is 30.3 Å². The molecule has 1 aliphatic carbocycles. The normalized spacial score (nSPS) is 14.7. The SMILES string of the molecule is Cc1cc(C)c(NC(=O)C2(C(=O)Nc3cccc(Cl)c3)CC2)c(Cl)c1. The molecule has 2 N–H and O–H groups in total. The smallest absolute Gasteiger partial charge is 0.240 e. The summed E-state index contributed by atoms with van der Waals surface area (Å²) in [5.41, 5.74) is 1.95. The summed E-state index contributed by atoms with van der Waals surface area (Å²) in [6.45, 7) is 3.81. The molecule has 0 aromatic heterocycles. The highest BCUT2D eigenvalue weighted by atomic mass is 35.5. The van der Waals surface area contributed by atoms with E-state index in [1.165, 1.54) is 0 Å². The number of halogens is 2. The third-order valence-corrected chi connectivity index (χ3v) is 4.91. The predicted molar refractivity (Wildman–Crippen MR) is 101 cm³/mol. The fraction of sp³-hybridized carbons (Fsp3) is 0.263. The first-order chi connectivity index (χ1) is 11.8. The van der Waals surface area contributed by atoms with Gasteiger partial charge in [-0.25, -0.2) is 0 Å². The second-order valence-electron chi connectivity index (χ2n) is 6.44. The van der Waals surface area contributed by atoms with Crippen LogP contribution < -0.4 is 10.6 Å². The predicted octanol–water partition coefficient (Wildman–Crippen LogP) is 4.97. The van der Waals surface area contributed by atoms with E-state index in [2.05, 4.69) is 10.6 Å². The molecule has 1 saturated carbocycles. The monoisotopic (exact) mass is 376 g/mol. The summed E-state index contributed by atoms with van der Waals surface area (Å²) in [6, 6.07) is 10.6. The molecule has 1 aliphatic rings. The van der Waals surface area contributed by atoms with Gasteiger partial charge in [0.1, 0.15) is 5.41 Å². The second-order valence-corrected chi connectivity index (χ2v) is 7.28. The van der Waals surface area contributed by atoms with E-state index in [0.717, 1.165) is 11.1 Å².